The molecule has 1 amide bonds. The summed E-state index contributed by atoms with van der Waals surface area (Å²) in [6.07, 6.45) is 1.52. The average molecular weight is 216 g/mol. The second-order valence-corrected chi connectivity index (χ2v) is 3.60. The van der Waals surface area contributed by atoms with Crippen LogP contribution in [0.3, 0.4) is 0 Å². The Morgan fingerprint density at radius 1 is 1.40 bits per heavy atom. The predicted octanol–water partition coefficient (Wildman–Crippen LogP) is 0.354. The van der Waals surface area contributed by atoms with Crippen LogP contribution in [-0.4, -0.2) is 36.1 Å². The van der Waals surface area contributed by atoms with E-state index in [2.05, 4.69) is 10.6 Å². The molecule has 0 saturated heterocycles. The number of likely N-dealkylation sites (N-methyl/N-ethyl adjacent to an activating group) is 1. The topological polar surface area (TPSA) is 78.4 Å². The molecule has 2 unspecified atom stereocenters. The number of hydrogen-bond donors (Lipinski definition) is 3. The Kier molecular flexibility index (Phi) is 6.70. The molecule has 0 bridgehead atoms. The lowest BCUT2D eigenvalue weighted by molar-refractivity contribution is -0.137. The zero-order chi connectivity index (χ0) is 11.8. The van der Waals surface area contributed by atoms with Crippen LogP contribution in [0.1, 0.15) is 33.1 Å². The highest BCUT2D eigenvalue weighted by Crippen LogP contribution is 2.02. The summed E-state index contributed by atoms with van der Waals surface area (Å²) in [5, 5.41) is 14.2. The van der Waals surface area contributed by atoms with E-state index in [1.54, 1.807) is 14.0 Å². The van der Waals surface area contributed by atoms with Crippen molar-refractivity contribution >= 4 is 11.9 Å². The first-order chi connectivity index (χ1) is 7.01. The summed E-state index contributed by atoms with van der Waals surface area (Å²) in [7, 11) is 1.69. The number of rotatable bonds is 7. The minimum atomic E-state index is -0.883. The minimum absolute atomic E-state index is 0.0178. The molecule has 0 aromatic rings. The monoisotopic (exact) mass is 216 g/mol. The van der Waals surface area contributed by atoms with E-state index in [1.807, 2.05) is 6.92 Å². The summed E-state index contributed by atoms with van der Waals surface area (Å²) in [4.78, 5) is 22.0. The smallest absolute Gasteiger partial charge is 0.305 e. The zero-order valence-electron chi connectivity index (χ0n) is 9.54. The van der Waals surface area contributed by atoms with Gasteiger partial charge in [0.25, 0.3) is 0 Å². The van der Waals surface area contributed by atoms with E-state index in [9.17, 15) is 9.59 Å². The molecule has 0 aliphatic heterocycles. The SMILES string of the molecule is CCCC(CC(=O)O)NC(=O)C(C)NC. The molecule has 15 heavy (non-hydrogen) atoms. The highest BCUT2D eigenvalue weighted by Gasteiger charge is 2.17. The van der Waals surface area contributed by atoms with Crippen molar-refractivity contribution in [2.75, 3.05) is 7.05 Å². The summed E-state index contributed by atoms with van der Waals surface area (Å²) < 4.78 is 0. The molecule has 0 radical (unpaired) electrons. The number of carboxylic acids is 1. The van der Waals surface area contributed by atoms with Crippen LogP contribution in [0, 0.1) is 0 Å². The number of carbonyl (C=O) groups excluding carboxylic acids is 1. The first kappa shape index (κ1) is 13.9. The minimum Gasteiger partial charge on any atom is -0.481 e. The number of amides is 1. The van der Waals surface area contributed by atoms with E-state index in [0.29, 0.717) is 6.42 Å². The maximum atomic E-state index is 11.5. The van der Waals surface area contributed by atoms with Gasteiger partial charge >= 0.3 is 5.97 Å². The maximum Gasteiger partial charge on any atom is 0.305 e. The summed E-state index contributed by atoms with van der Waals surface area (Å²) in [5.41, 5.74) is 0. The normalized spacial score (nSPS) is 14.3. The fourth-order valence-corrected chi connectivity index (χ4v) is 1.24. The van der Waals surface area contributed by atoms with Gasteiger partial charge in [-0.15, -0.1) is 0 Å². The molecular formula is C10H20N2O3. The predicted molar refractivity (Wildman–Crippen MR) is 57.6 cm³/mol. The van der Waals surface area contributed by atoms with Gasteiger partial charge in [-0.05, 0) is 20.4 Å². The van der Waals surface area contributed by atoms with Crippen molar-refractivity contribution in [1.29, 1.82) is 0 Å². The van der Waals surface area contributed by atoms with Crippen LogP contribution in [0.2, 0.25) is 0 Å². The fraction of sp³-hybridized carbons (Fsp3) is 0.800. The van der Waals surface area contributed by atoms with Crippen LogP contribution in [0.25, 0.3) is 0 Å². The van der Waals surface area contributed by atoms with Crippen molar-refractivity contribution in [2.24, 2.45) is 0 Å². The van der Waals surface area contributed by atoms with E-state index in [4.69, 9.17) is 5.11 Å². The number of carboxylic acid groups (broad SMARTS) is 1. The molecule has 5 nitrogen and oxygen atoms in total. The fourth-order valence-electron chi connectivity index (χ4n) is 1.24. The van der Waals surface area contributed by atoms with E-state index < -0.39 is 5.97 Å². The van der Waals surface area contributed by atoms with Gasteiger partial charge in [-0.1, -0.05) is 13.3 Å². The summed E-state index contributed by atoms with van der Waals surface area (Å²) in [6.45, 7) is 3.70. The number of hydrogen-bond acceptors (Lipinski definition) is 3. The quantitative estimate of drug-likeness (QED) is 0.574. The zero-order valence-corrected chi connectivity index (χ0v) is 9.54. The molecule has 0 saturated carbocycles. The van der Waals surface area contributed by atoms with Gasteiger partial charge in [-0.25, -0.2) is 0 Å². The Bertz CT molecular complexity index is 219. The summed E-state index contributed by atoms with van der Waals surface area (Å²) in [5.74, 6) is -1.04. The Balaban J connectivity index is 4.14. The Labute approximate surface area is 90.2 Å². The highest BCUT2D eigenvalue weighted by atomic mass is 16.4. The number of carbonyl (C=O) groups is 2. The van der Waals surface area contributed by atoms with Gasteiger partial charge in [0.2, 0.25) is 5.91 Å². The van der Waals surface area contributed by atoms with Gasteiger partial charge < -0.3 is 15.7 Å². The number of nitrogens with one attached hydrogen (secondary N) is 2. The number of aliphatic carboxylic acids is 1. The van der Waals surface area contributed by atoms with Crippen molar-refractivity contribution in [3.8, 4) is 0 Å². The Morgan fingerprint density at radius 2 is 2.00 bits per heavy atom. The third-order valence-electron chi connectivity index (χ3n) is 2.23. The van der Waals surface area contributed by atoms with Crippen molar-refractivity contribution in [3.05, 3.63) is 0 Å². The van der Waals surface area contributed by atoms with E-state index in [0.717, 1.165) is 6.42 Å². The molecule has 3 N–H and O–H groups in total. The third kappa shape index (κ3) is 6.06. The molecule has 0 aromatic heterocycles. The van der Waals surface area contributed by atoms with Gasteiger partial charge in [0.15, 0.2) is 0 Å². The molecule has 88 valence electrons. The lowest BCUT2D eigenvalue weighted by Crippen LogP contribution is -2.45. The summed E-state index contributed by atoms with van der Waals surface area (Å²) in [6, 6.07) is -0.561. The highest BCUT2D eigenvalue weighted by molar-refractivity contribution is 5.82. The molecule has 0 spiro atoms. The van der Waals surface area contributed by atoms with Crippen LogP contribution in [0.4, 0.5) is 0 Å². The largest absolute Gasteiger partial charge is 0.481 e. The van der Waals surface area contributed by atoms with Crippen LogP contribution in [0.5, 0.6) is 0 Å². The van der Waals surface area contributed by atoms with Crippen molar-refractivity contribution in [1.82, 2.24) is 10.6 Å². The second kappa shape index (κ2) is 7.23. The first-order valence-electron chi connectivity index (χ1n) is 5.20. The van der Waals surface area contributed by atoms with E-state index >= 15 is 0 Å². The maximum absolute atomic E-state index is 11.5. The molecule has 0 aromatic carbocycles. The first-order valence-corrected chi connectivity index (χ1v) is 5.20. The summed E-state index contributed by atoms with van der Waals surface area (Å²) >= 11 is 0. The lowest BCUT2D eigenvalue weighted by Gasteiger charge is -2.18. The van der Waals surface area contributed by atoms with E-state index in [1.165, 1.54) is 0 Å². The molecule has 0 fully saturated rings. The average Bonchev–Trinajstić information content (AvgIpc) is 2.15. The van der Waals surface area contributed by atoms with Crippen LogP contribution in [-0.2, 0) is 9.59 Å². The van der Waals surface area contributed by atoms with Crippen LogP contribution in [0.15, 0.2) is 0 Å². The molecule has 0 heterocycles. The van der Waals surface area contributed by atoms with Crippen molar-refractivity contribution in [2.45, 2.75) is 45.2 Å². The Morgan fingerprint density at radius 3 is 2.40 bits per heavy atom. The second-order valence-electron chi connectivity index (χ2n) is 3.60. The molecule has 5 heteroatoms. The van der Waals surface area contributed by atoms with Gasteiger partial charge in [-0.2, -0.15) is 0 Å². The lowest BCUT2D eigenvalue weighted by atomic mass is 10.1. The Hall–Kier alpha value is -1.10. The molecule has 0 aliphatic carbocycles. The van der Waals surface area contributed by atoms with Gasteiger partial charge in [0.1, 0.15) is 0 Å². The molecule has 0 aliphatic rings. The third-order valence-corrected chi connectivity index (χ3v) is 2.23. The molecular weight excluding hydrogens is 196 g/mol. The van der Waals surface area contributed by atoms with Gasteiger partial charge in [0, 0.05) is 6.04 Å². The van der Waals surface area contributed by atoms with E-state index in [-0.39, 0.29) is 24.4 Å². The molecule has 2 atom stereocenters. The van der Waals surface area contributed by atoms with Crippen LogP contribution >= 0.6 is 0 Å². The van der Waals surface area contributed by atoms with Gasteiger partial charge in [-0.3, -0.25) is 9.59 Å². The van der Waals surface area contributed by atoms with Crippen molar-refractivity contribution < 1.29 is 14.7 Å². The van der Waals surface area contributed by atoms with Gasteiger partial charge in [0.05, 0.1) is 12.5 Å². The van der Waals surface area contributed by atoms with Crippen LogP contribution < -0.4 is 10.6 Å². The van der Waals surface area contributed by atoms with Crippen molar-refractivity contribution in [3.63, 3.8) is 0 Å². The standard InChI is InChI=1S/C10H20N2O3/c1-4-5-8(6-9(13)14)12-10(15)7(2)11-3/h7-8,11H,4-6H2,1-3H3,(H,12,15)(H,13,14). The molecule has 0 rings (SSSR count).